The maximum Gasteiger partial charge on any atom is 0.0564 e. The average Bonchev–Trinajstić information content (AvgIpc) is 2.92. The maximum atomic E-state index is 2.69. The first kappa shape index (κ1) is 20.2. The van der Waals surface area contributed by atoms with Crippen molar-refractivity contribution in [2.45, 2.75) is 54.2 Å². The molecule has 2 nitrogen and oxygen atoms in total. The van der Waals surface area contributed by atoms with E-state index in [0.29, 0.717) is 0 Å². The van der Waals surface area contributed by atoms with E-state index in [2.05, 4.69) is 66.1 Å². The van der Waals surface area contributed by atoms with Gasteiger partial charge in [-0.2, -0.15) is 0 Å². The summed E-state index contributed by atoms with van der Waals surface area (Å²) >= 11 is 3.85. The minimum Gasteiger partial charge on any atom is -0.340 e. The topological polar surface area (TPSA) is 6.48 Å². The van der Waals surface area contributed by atoms with Crippen LogP contribution in [0.4, 0.5) is 11.4 Å². The largest absolute Gasteiger partial charge is 0.340 e. The number of hydrogen-bond acceptors (Lipinski definition) is 4. The number of benzene rings is 2. The van der Waals surface area contributed by atoms with Gasteiger partial charge in [0, 0.05) is 21.2 Å². The Bertz CT molecular complexity index is 792. The van der Waals surface area contributed by atoms with Crippen molar-refractivity contribution < 1.29 is 0 Å². The Morgan fingerprint density at radius 1 is 1.00 bits per heavy atom. The van der Waals surface area contributed by atoms with E-state index < -0.39 is 0 Å². The van der Waals surface area contributed by atoms with Crippen LogP contribution in [-0.4, -0.2) is 36.8 Å². The molecule has 28 heavy (non-hydrogen) atoms. The van der Waals surface area contributed by atoms with Gasteiger partial charge in [-0.05, 0) is 87.3 Å². The van der Waals surface area contributed by atoms with Gasteiger partial charge in [-0.3, -0.25) is 0 Å². The highest BCUT2D eigenvalue weighted by Gasteiger charge is 2.23. The first-order valence-electron chi connectivity index (χ1n) is 10.8. The Hall–Kier alpha value is -1.10. The normalized spacial score (nSPS) is 19.8. The Morgan fingerprint density at radius 2 is 1.86 bits per heavy atom. The summed E-state index contributed by atoms with van der Waals surface area (Å²) < 4.78 is 0. The standard InChI is InChI=1S/C24H32N2S2/c1-3-27-20-11-12-24-22(18-20)26(21-9-4-5-10-23(21)28-24)16-7-15-25-14-6-8-19(2)13-17-25/h4-5,9-12,18-19H,3,6-8,13-17H2,1-2H3. The molecule has 0 aromatic heterocycles. The zero-order valence-electron chi connectivity index (χ0n) is 17.2. The number of fused-ring (bicyclic) bond motifs is 2. The van der Waals surface area contributed by atoms with E-state index >= 15 is 0 Å². The van der Waals surface area contributed by atoms with Crippen molar-refractivity contribution in [3.8, 4) is 0 Å². The van der Waals surface area contributed by atoms with Crippen molar-refractivity contribution in [2.75, 3.05) is 36.8 Å². The summed E-state index contributed by atoms with van der Waals surface area (Å²) in [6.45, 7) is 9.52. The molecule has 1 saturated heterocycles. The van der Waals surface area contributed by atoms with Gasteiger partial charge in [-0.25, -0.2) is 0 Å². The van der Waals surface area contributed by atoms with Crippen molar-refractivity contribution in [2.24, 2.45) is 5.92 Å². The molecule has 0 bridgehead atoms. The predicted octanol–water partition coefficient (Wildman–Crippen LogP) is 6.91. The van der Waals surface area contributed by atoms with Crippen LogP contribution in [0.1, 0.15) is 39.5 Å². The molecule has 0 aliphatic carbocycles. The molecule has 0 spiro atoms. The quantitative estimate of drug-likeness (QED) is 0.475. The van der Waals surface area contributed by atoms with Gasteiger partial charge in [-0.15, -0.1) is 11.8 Å². The molecular formula is C24H32N2S2. The summed E-state index contributed by atoms with van der Waals surface area (Å²) in [6, 6.07) is 15.9. The Balaban J connectivity index is 1.50. The lowest BCUT2D eigenvalue weighted by Gasteiger charge is -2.33. The fraction of sp³-hybridized carbons (Fsp3) is 0.500. The average molecular weight is 413 g/mol. The molecule has 1 fully saturated rings. The van der Waals surface area contributed by atoms with Crippen molar-refractivity contribution >= 4 is 34.9 Å². The molecule has 1 atom stereocenters. The van der Waals surface area contributed by atoms with E-state index in [1.165, 1.54) is 71.4 Å². The van der Waals surface area contributed by atoms with Crippen molar-refractivity contribution in [3.63, 3.8) is 0 Å². The molecule has 0 radical (unpaired) electrons. The second kappa shape index (κ2) is 9.60. The fourth-order valence-electron chi connectivity index (χ4n) is 4.30. The van der Waals surface area contributed by atoms with Gasteiger partial charge < -0.3 is 9.80 Å². The first-order valence-corrected chi connectivity index (χ1v) is 12.6. The third kappa shape index (κ3) is 4.72. The van der Waals surface area contributed by atoms with Crippen LogP contribution < -0.4 is 4.90 Å². The molecule has 0 saturated carbocycles. The van der Waals surface area contributed by atoms with Crippen LogP contribution in [0.15, 0.2) is 57.2 Å². The van der Waals surface area contributed by atoms with Crippen LogP contribution >= 0.6 is 23.5 Å². The number of anilines is 2. The number of thioether (sulfide) groups is 1. The van der Waals surface area contributed by atoms with Crippen molar-refractivity contribution in [3.05, 3.63) is 42.5 Å². The highest BCUT2D eigenvalue weighted by molar-refractivity contribution is 8.00. The van der Waals surface area contributed by atoms with E-state index in [1.54, 1.807) is 0 Å². The van der Waals surface area contributed by atoms with Gasteiger partial charge >= 0.3 is 0 Å². The summed E-state index contributed by atoms with van der Waals surface area (Å²) in [5, 5.41) is 0. The van der Waals surface area contributed by atoms with E-state index in [-0.39, 0.29) is 0 Å². The highest BCUT2D eigenvalue weighted by Crippen LogP contribution is 2.49. The molecule has 2 aromatic rings. The smallest absolute Gasteiger partial charge is 0.0564 e. The minimum atomic E-state index is 0.900. The highest BCUT2D eigenvalue weighted by atomic mass is 32.2. The lowest BCUT2D eigenvalue weighted by molar-refractivity contribution is 0.280. The van der Waals surface area contributed by atoms with Gasteiger partial charge in [0.2, 0.25) is 0 Å². The molecule has 2 heterocycles. The van der Waals surface area contributed by atoms with Gasteiger partial charge in [0.15, 0.2) is 0 Å². The van der Waals surface area contributed by atoms with Crippen LogP contribution in [0.2, 0.25) is 0 Å². The van der Waals surface area contributed by atoms with Crippen molar-refractivity contribution in [1.29, 1.82) is 0 Å². The first-order chi connectivity index (χ1) is 13.7. The zero-order valence-corrected chi connectivity index (χ0v) is 18.8. The Labute approximate surface area is 179 Å². The van der Waals surface area contributed by atoms with E-state index in [1.807, 2.05) is 23.5 Å². The summed E-state index contributed by atoms with van der Waals surface area (Å²) in [5.41, 5.74) is 2.77. The number of hydrogen-bond donors (Lipinski definition) is 0. The molecule has 0 amide bonds. The predicted molar refractivity (Wildman–Crippen MR) is 124 cm³/mol. The second-order valence-corrected chi connectivity index (χ2v) is 10.4. The number of para-hydroxylation sites is 1. The lowest BCUT2D eigenvalue weighted by atomic mass is 10.0. The van der Waals surface area contributed by atoms with Gasteiger partial charge in [-0.1, -0.05) is 37.7 Å². The number of nitrogens with zero attached hydrogens (tertiary/aromatic N) is 2. The molecule has 2 aliphatic rings. The van der Waals surface area contributed by atoms with Crippen molar-refractivity contribution in [1.82, 2.24) is 4.90 Å². The van der Waals surface area contributed by atoms with Crippen LogP contribution in [0, 0.1) is 5.92 Å². The van der Waals surface area contributed by atoms with Crippen LogP contribution in [0.5, 0.6) is 0 Å². The van der Waals surface area contributed by atoms with Crippen LogP contribution in [0.3, 0.4) is 0 Å². The van der Waals surface area contributed by atoms with E-state index in [0.717, 1.165) is 18.2 Å². The maximum absolute atomic E-state index is 2.69. The van der Waals surface area contributed by atoms with Gasteiger partial charge in [0.25, 0.3) is 0 Å². The summed E-state index contributed by atoms with van der Waals surface area (Å²) in [5.74, 6) is 2.02. The number of likely N-dealkylation sites (tertiary alicyclic amines) is 1. The molecule has 4 rings (SSSR count). The molecule has 1 unspecified atom stereocenters. The molecule has 4 heteroatoms. The van der Waals surface area contributed by atoms with Gasteiger partial charge in [0.1, 0.15) is 0 Å². The molecule has 0 N–H and O–H groups in total. The molecule has 150 valence electrons. The number of rotatable bonds is 6. The summed E-state index contributed by atoms with van der Waals surface area (Å²) in [7, 11) is 0. The van der Waals surface area contributed by atoms with Gasteiger partial charge in [0.05, 0.1) is 11.4 Å². The molecule has 2 aliphatic heterocycles. The fourth-order valence-corrected chi connectivity index (χ4v) is 6.07. The third-order valence-electron chi connectivity index (χ3n) is 5.87. The van der Waals surface area contributed by atoms with E-state index in [4.69, 9.17) is 0 Å². The monoisotopic (exact) mass is 412 g/mol. The van der Waals surface area contributed by atoms with Crippen LogP contribution in [-0.2, 0) is 0 Å². The van der Waals surface area contributed by atoms with Crippen LogP contribution in [0.25, 0.3) is 0 Å². The van der Waals surface area contributed by atoms with E-state index in [9.17, 15) is 0 Å². The third-order valence-corrected chi connectivity index (χ3v) is 7.88. The molecular weight excluding hydrogens is 380 g/mol. The minimum absolute atomic E-state index is 0.900. The zero-order chi connectivity index (χ0) is 19.3. The summed E-state index contributed by atoms with van der Waals surface area (Å²) in [6.07, 6.45) is 5.35. The lowest BCUT2D eigenvalue weighted by Crippen LogP contribution is -2.30. The SMILES string of the molecule is CCSc1ccc2c(c1)N(CCCN1CCCC(C)CC1)c1ccccc1S2. The Kier molecular flexibility index (Phi) is 6.92. The Morgan fingerprint density at radius 3 is 2.75 bits per heavy atom. The summed E-state index contributed by atoms with van der Waals surface area (Å²) in [4.78, 5) is 9.42. The second-order valence-electron chi connectivity index (χ2n) is 8.02. The molecule has 2 aromatic carbocycles.